The Hall–Kier alpha value is -2.63. The van der Waals surface area contributed by atoms with E-state index >= 15 is 0 Å². The lowest BCUT2D eigenvalue weighted by Crippen LogP contribution is -2.06. The molecule has 6 nitrogen and oxygen atoms in total. The summed E-state index contributed by atoms with van der Waals surface area (Å²) in [6.07, 6.45) is 1.47. The molecule has 1 heterocycles. The maximum Gasteiger partial charge on any atom is 0.356 e. The molecule has 0 saturated carbocycles. The summed E-state index contributed by atoms with van der Waals surface area (Å²) in [5, 5.41) is 6.18. The fourth-order valence-corrected chi connectivity index (χ4v) is 1.45. The molecule has 2 aromatic rings. The summed E-state index contributed by atoms with van der Waals surface area (Å²) in [5.41, 5.74) is 1.53. The average Bonchev–Trinajstić information content (AvgIpc) is 2.98. The molecule has 98 valence electrons. The predicted molar refractivity (Wildman–Crippen MR) is 65.5 cm³/mol. The second kappa shape index (κ2) is 5.81. The fourth-order valence-electron chi connectivity index (χ4n) is 1.45. The first-order chi connectivity index (χ1) is 9.20. The summed E-state index contributed by atoms with van der Waals surface area (Å²) >= 11 is 0. The Morgan fingerprint density at radius 2 is 1.89 bits per heavy atom. The molecule has 2 rings (SSSR count). The van der Waals surface area contributed by atoms with E-state index in [1.165, 1.54) is 19.4 Å². The summed E-state index contributed by atoms with van der Waals surface area (Å²) in [6, 6.07) is 8.16. The van der Waals surface area contributed by atoms with Gasteiger partial charge in [0, 0.05) is 6.20 Å². The van der Waals surface area contributed by atoms with Crippen LogP contribution < -0.4 is 0 Å². The van der Waals surface area contributed by atoms with Gasteiger partial charge in [-0.1, -0.05) is 12.1 Å². The zero-order valence-corrected chi connectivity index (χ0v) is 10.3. The van der Waals surface area contributed by atoms with Crippen molar-refractivity contribution in [1.29, 1.82) is 0 Å². The van der Waals surface area contributed by atoms with Gasteiger partial charge in [-0.15, -0.1) is 0 Å². The molecule has 0 bridgehead atoms. The van der Waals surface area contributed by atoms with E-state index in [0.29, 0.717) is 11.3 Å². The van der Waals surface area contributed by atoms with Crippen LogP contribution in [0.25, 0.3) is 0 Å². The van der Waals surface area contributed by atoms with Gasteiger partial charge in [-0.3, -0.25) is 5.10 Å². The molecule has 0 saturated heterocycles. The first kappa shape index (κ1) is 12.8. The van der Waals surface area contributed by atoms with Gasteiger partial charge in [-0.05, 0) is 23.8 Å². The third-order valence-corrected chi connectivity index (χ3v) is 2.47. The molecular weight excluding hydrogens is 248 g/mol. The number of nitrogens with zero attached hydrogens (tertiary/aromatic N) is 1. The molecule has 0 aliphatic rings. The molecule has 6 heteroatoms. The Bertz CT molecular complexity index is 561. The standard InChI is InChI=1S/C13H12N2O4/c1-18-12(16)10-4-2-9(3-5-10)8-19-13(17)11-6-7-14-15-11/h2-7H,8H2,1H3,(H,14,15). The molecule has 0 amide bonds. The number of esters is 2. The van der Waals surface area contributed by atoms with Gasteiger partial charge < -0.3 is 9.47 Å². The molecule has 1 N–H and O–H groups in total. The number of carbonyl (C=O) groups is 2. The van der Waals surface area contributed by atoms with Crippen molar-refractivity contribution in [3.8, 4) is 0 Å². The van der Waals surface area contributed by atoms with Crippen molar-refractivity contribution in [2.24, 2.45) is 0 Å². The van der Waals surface area contributed by atoms with Crippen LogP contribution in [0.3, 0.4) is 0 Å². The van der Waals surface area contributed by atoms with Crippen LogP contribution >= 0.6 is 0 Å². The Morgan fingerprint density at radius 1 is 1.16 bits per heavy atom. The summed E-state index contributed by atoms with van der Waals surface area (Å²) in [5.74, 6) is -0.879. The van der Waals surface area contributed by atoms with Gasteiger partial charge in [0.1, 0.15) is 12.3 Å². The number of ether oxygens (including phenoxy) is 2. The number of hydrogen-bond acceptors (Lipinski definition) is 5. The van der Waals surface area contributed by atoms with E-state index in [9.17, 15) is 9.59 Å². The first-order valence-electron chi connectivity index (χ1n) is 5.54. The van der Waals surface area contributed by atoms with Crippen molar-refractivity contribution in [3.63, 3.8) is 0 Å². The second-order valence-electron chi connectivity index (χ2n) is 3.73. The van der Waals surface area contributed by atoms with Crippen LogP contribution in [0, 0.1) is 0 Å². The summed E-state index contributed by atoms with van der Waals surface area (Å²) in [7, 11) is 1.32. The minimum atomic E-state index is -0.477. The van der Waals surface area contributed by atoms with E-state index in [-0.39, 0.29) is 6.61 Å². The van der Waals surface area contributed by atoms with Gasteiger partial charge in [-0.25, -0.2) is 9.59 Å². The summed E-state index contributed by atoms with van der Waals surface area (Å²) in [4.78, 5) is 22.8. The van der Waals surface area contributed by atoms with E-state index < -0.39 is 11.9 Å². The third-order valence-electron chi connectivity index (χ3n) is 2.47. The van der Waals surface area contributed by atoms with Crippen LogP contribution in [0.4, 0.5) is 0 Å². The molecule has 0 radical (unpaired) electrons. The van der Waals surface area contributed by atoms with Gasteiger partial charge in [0.2, 0.25) is 0 Å². The largest absolute Gasteiger partial charge is 0.465 e. The number of hydrogen-bond donors (Lipinski definition) is 1. The smallest absolute Gasteiger partial charge is 0.356 e. The fraction of sp³-hybridized carbons (Fsp3) is 0.154. The minimum Gasteiger partial charge on any atom is -0.465 e. The Morgan fingerprint density at radius 3 is 2.47 bits per heavy atom. The van der Waals surface area contributed by atoms with E-state index in [1.807, 2.05) is 0 Å². The van der Waals surface area contributed by atoms with E-state index in [2.05, 4.69) is 14.9 Å². The van der Waals surface area contributed by atoms with Crippen molar-refractivity contribution in [2.45, 2.75) is 6.61 Å². The van der Waals surface area contributed by atoms with Gasteiger partial charge in [0.15, 0.2) is 0 Å². The topological polar surface area (TPSA) is 81.3 Å². The summed E-state index contributed by atoms with van der Waals surface area (Å²) in [6.45, 7) is 0.124. The minimum absolute atomic E-state index is 0.124. The van der Waals surface area contributed by atoms with Crippen molar-refractivity contribution >= 4 is 11.9 Å². The van der Waals surface area contributed by atoms with E-state index in [1.54, 1.807) is 24.3 Å². The Kier molecular flexibility index (Phi) is 3.92. The molecule has 0 unspecified atom stereocenters. The van der Waals surface area contributed by atoms with Crippen LogP contribution in [0.5, 0.6) is 0 Å². The molecule has 0 fully saturated rings. The number of carbonyl (C=O) groups excluding carboxylic acids is 2. The first-order valence-corrected chi connectivity index (χ1v) is 5.54. The second-order valence-corrected chi connectivity index (χ2v) is 3.73. The zero-order valence-electron chi connectivity index (χ0n) is 10.3. The molecular formula is C13H12N2O4. The highest BCUT2D eigenvalue weighted by Gasteiger charge is 2.09. The summed E-state index contributed by atoms with van der Waals surface area (Å²) < 4.78 is 9.66. The zero-order chi connectivity index (χ0) is 13.7. The van der Waals surface area contributed by atoms with Crippen LogP contribution in [0.1, 0.15) is 26.4 Å². The Labute approximate surface area is 109 Å². The van der Waals surface area contributed by atoms with Gasteiger partial charge in [0.25, 0.3) is 0 Å². The highest BCUT2D eigenvalue weighted by atomic mass is 16.5. The van der Waals surface area contributed by atoms with Crippen molar-refractivity contribution in [2.75, 3.05) is 7.11 Å². The van der Waals surface area contributed by atoms with Crippen LogP contribution in [-0.2, 0) is 16.1 Å². The molecule has 0 aliphatic heterocycles. The van der Waals surface area contributed by atoms with Gasteiger partial charge in [-0.2, -0.15) is 5.10 Å². The normalized spacial score (nSPS) is 9.95. The number of rotatable bonds is 4. The number of aromatic nitrogens is 2. The highest BCUT2D eigenvalue weighted by Crippen LogP contribution is 2.08. The predicted octanol–water partition coefficient (Wildman–Crippen LogP) is 1.55. The average molecular weight is 260 g/mol. The van der Waals surface area contributed by atoms with Gasteiger partial charge >= 0.3 is 11.9 Å². The molecule has 0 spiro atoms. The number of H-pyrrole nitrogens is 1. The van der Waals surface area contributed by atoms with Crippen molar-refractivity contribution in [3.05, 3.63) is 53.3 Å². The molecule has 1 aromatic carbocycles. The van der Waals surface area contributed by atoms with E-state index in [4.69, 9.17) is 4.74 Å². The number of aromatic amines is 1. The van der Waals surface area contributed by atoms with Crippen molar-refractivity contribution < 1.29 is 19.1 Å². The van der Waals surface area contributed by atoms with Crippen LogP contribution in [-0.4, -0.2) is 29.2 Å². The molecule has 0 aliphatic carbocycles. The van der Waals surface area contributed by atoms with Crippen LogP contribution in [0.2, 0.25) is 0 Å². The van der Waals surface area contributed by atoms with Gasteiger partial charge in [0.05, 0.1) is 12.7 Å². The SMILES string of the molecule is COC(=O)c1ccc(COC(=O)c2ccn[nH]2)cc1. The molecule has 0 atom stereocenters. The molecule has 1 aromatic heterocycles. The number of nitrogens with one attached hydrogen (secondary N) is 1. The lowest BCUT2D eigenvalue weighted by Gasteiger charge is -2.04. The maximum atomic E-state index is 11.5. The Balaban J connectivity index is 1.93. The van der Waals surface area contributed by atoms with Crippen molar-refractivity contribution in [1.82, 2.24) is 10.2 Å². The molecule has 19 heavy (non-hydrogen) atoms. The lowest BCUT2D eigenvalue weighted by molar-refractivity contribution is 0.0464. The quantitative estimate of drug-likeness (QED) is 0.843. The highest BCUT2D eigenvalue weighted by molar-refractivity contribution is 5.89. The maximum absolute atomic E-state index is 11.5. The van der Waals surface area contributed by atoms with Crippen LogP contribution in [0.15, 0.2) is 36.5 Å². The number of methoxy groups -OCH3 is 1. The number of benzene rings is 1. The third kappa shape index (κ3) is 3.19. The lowest BCUT2D eigenvalue weighted by atomic mass is 10.1. The van der Waals surface area contributed by atoms with E-state index in [0.717, 1.165) is 5.56 Å². The monoisotopic (exact) mass is 260 g/mol.